The number of hydrazine groups is 1. The molecule has 0 radical (unpaired) electrons. The number of hydrogen-bond acceptors (Lipinski definition) is 4. The molecule has 6 nitrogen and oxygen atoms in total. The van der Waals surface area contributed by atoms with Crippen molar-refractivity contribution in [2.75, 3.05) is 6.67 Å². The number of rotatable bonds is 1. The summed E-state index contributed by atoms with van der Waals surface area (Å²) in [6, 6.07) is 0. The topological polar surface area (TPSA) is 77.3 Å². The molecule has 0 bridgehead atoms. The minimum Gasteiger partial charge on any atom is -0.464 e. The van der Waals surface area contributed by atoms with E-state index in [4.69, 9.17) is 5.11 Å². The predicted octanol–water partition coefficient (Wildman–Crippen LogP) is 0.365. The van der Waals surface area contributed by atoms with Gasteiger partial charge in [0.2, 0.25) is 0 Å². The maximum absolute atomic E-state index is 10.0. The molecular formula is C4H6N4O2. The molecule has 0 atom stereocenters. The predicted molar refractivity (Wildman–Crippen MR) is 31.9 cm³/mol. The third-order valence-electron chi connectivity index (χ3n) is 0.850. The molecule has 0 saturated carbocycles. The fourth-order valence-corrected chi connectivity index (χ4v) is 0.505. The molecule has 0 aliphatic carbocycles. The average molecular weight is 142 g/mol. The first-order chi connectivity index (χ1) is 4.79. The highest BCUT2D eigenvalue weighted by atomic mass is 16.4. The van der Waals surface area contributed by atoms with Gasteiger partial charge in [-0.3, -0.25) is 5.01 Å². The van der Waals surface area contributed by atoms with E-state index in [2.05, 4.69) is 15.7 Å². The average Bonchev–Trinajstić information content (AvgIpc) is 1.88. The molecule has 2 N–H and O–H groups in total. The fraction of sp³-hybridized carbons (Fsp3) is 0.250. The Bertz CT molecular complexity index is 188. The number of carbonyl (C=O) groups is 1. The number of hydrogen-bond donors (Lipinski definition) is 2. The van der Waals surface area contributed by atoms with Crippen LogP contribution in [-0.4, -0.2) is 22.9 Å². The summed E-state index contributed by atoms with van der Waals surface area (Å²) in [5.74, 6) is 0. The lowest BCUT2D eigenvalue weighted by Crippen LogP contribution is -2.37. The van der Waals surface area contributed by atoms with Crippen molar-refractivity contribution in [3.8, 4) is 0 Å². The van der Waals surface area contributed by atoms with E-state index in [1.165, 1.54) is 17.4 Å². The summed E-state index contributed by atoms with van der Waals surface area (Å²) >= 11 is 0. The highest BCUT2D eigenvalue weighted by molar-refractivity contribution is 5.63. The summed E-state index contributed by atoms with van der Waals surface area (Å²) in [5.41, 5.74) is 2.09. The Hall–Kier alpha value is -1.59. The fourth-order valence-electron chi connectivity index (χ4n) is 0.505. The molecule has 0 aromatic heterocycles. The summed E-state index contributed by atoms with van der Waals surface area (Å²) in [4.78, 5) is 10.0. The quantitative estimate of drug-likeness (QED) is 0.555. The van der Waals surface area contributed by atoms with Crippen molar-refractivity contribution in [1.29, 1.82) is 0 Å². The highest BCUT2D eigenvalue weighted by Crippen LogP contribution is 1.93. The van der Waals surface area contributed by atoms with Gasteiger partial charge in [-0.05, 0) is 0 Å². The van der Waals surface area contributed by atoms with Crippen molar-refractivity contribution in [3.05, 3.63) is 12.4 Å². The van der Waals surface area contributed by atoms with E-state index >= 15 is 0 Å². The van der Waals surface area contributed by atoms with Crippen molar-refractivity contribution >= 4 is 6.09 Å². The molecule has 0 aromatic carbocycles. The van der Waals surface area contributed by atoms with Crippen LogP contribution in [0.15, 0.2) is 22.6 Å². The second kappa shape index (κ2) is 2.81. The van der Waals surface area contributed by atoms with Crippen molar-refractivity contribution in [1.82, 2.24) is 10.4 Å². The van der Waals surface area contributed by atoms with Crippen LogP contribution < -0.4 is 5.43 Å². The molecule has 0 saturated heterocycles. The Balaban J connectivity index is 2.37. The van der Waals surface area contributed by atoms with Gasteiger partial charge in [0.25, 0.3) is 0 Å². The largest absolute Gasteiger partial charge is 0.464 e. The number of amides is 1. The van der Waals surface area contributed by atoms with Gasteiger partial charge in [-0.25, -0.2) is 10.2 Å². The smallest absolute Gasteiger partial charge is 0.423 e. The minimum atomic E-state index is -1.11. The SMILES string of the molecule is O=C(O)NN1C=CN=NC1. The molecule has 0 aromatic rings. The molecule has 6 heteroatoms. The second-order valence-corrected chi connectivity index (χ2v) is 1.58. The number of nitrogens with zero attached hydrogens (tertiary/aromatic N) is 3. The molecule has 1 aliphatic rings. The van der Waals surface area contributed by atoms with E-state index in [9.17, 15) is 4.79 Å². The van der Waals surface area contributed by atoms with Crippen LogP contribution in [0.1, 0.15) is 0 Å². The Morgan fingerprint density at radius 2 is 2.60 bits per heavy atom. The van der Waals surface area contributed by atoms with Gasteiger partial charge in [0.05, 0.1) is 6.20 Å². The van der Waals surface area contributed by atoms with Gasteiger partial charge in [-0.1, -0.05) is 0 Å². The van der Waals surface area contributed by atoms with E-state index in [-0.39, 0.29) is 6.67 Å². The molecular weight excluding hydrogens is 136 g/mol. The summed E-state index contributed by atoms with van der Waals surface area (Å²) in [7, 11) is 0. The van der Waals surface area contributed by atoms with Gasteiger partial charge in [0.15, 0.2) is 6.67 Å². The van der Waals surface area contributed by atoms with Crippen molar-refractivity contribution in [2.24, 2.45) is 10.2 Å². The number of azo groups is 1. The summed E-state index contributed by atoms with van der Waals surface area (Å²) in [6.45, 7) is 0.225. The molecule has 1 heterocycles. The summed E-state index contributed by atoms with van der Waals surface area (Å²) < 4.78 is 0. The maximum Gasteiger partial charge on any atom is 0.423 e. The lowest BCUT2D eigenvalue weighted by Gasteiger charge is -2.16. The van der Waals surface area contributed by atoms with Gasteiger partial charge in [0.1, 0.15) is 0 Å². The zero-order chi connectivity index (χ0) is 7.40. The highest BCUT2D eigenvalue weighted by Gasteiger charge is 2.02. The van der Waals surface area contributed by atoms with Crippen LogP contribution in [0, 0.1) is 0 Å². The van der Waals surface area contributed by atoms with Crippen LogP contribution in [0.3, 0.4) is 0 Å². The van der Waals surface area contributed by atoms with Crippen LogP contribution in [0.25, 0.3) is 0 Å². The summed E-state index contributed by atoms with van der Waals surface area (Å²) in [6.07, 6.45) is 1.78. The Morgan fingerprint density at radius 1 is 1.80 bits per heavy atom. The van der Waals surface area contributed by atoms with E-state index < -0.39 is 6.09 Å². The molecule has 10 heavy (non-hydrogen) atoms. The van der Waals surface area contributed by atoms with Gasteiger partial charge >= 0.3 is 6.09 Å². The summed E-state index contributed by atoms with van der Waals surface area (Å²) in [5, 5.41) is 16.6. The maximum atomic E-state index is 10.0. The third kappa shape index (κ3) is 1.73. The molecule has 0 unspecified atom stereocenters. The molecule has 0 fully saturated rings. The van der Waals surface area contributed by atoms with Gasteiger partial charge in [0, 0.05) is 6.20 Å². The van der Waals surface area contributed by atoms with E-state index in [0.717, 1.165) is 0 Å². The lowest BCUT2D eigenvalue weighted by atomic mass is 10.8. The van der Waals surface area contributed by atoms with Crippen LogP contribution in [0.5, 0.6) is 0 Å². The first-order valence-electron chi connectivity index (χ1n) is 2.58. The molecule has 1 aliphatic heterocycles. The first kappa shape index (κ1) is 6.53. The van der Waals surface area contributed by atoms with Crippen LogP contribution in [0.2, 0.25) is 0 Å². The molecule has 1 rings (SSSR count). The van der Waals surface area contributed by atoms with E-state index in [1.54, 1.807) is 0 Å². The van der Waals surface area contributed by atoms with Gasteiger partial charge in [-0.2, -0.15) is 10.2 Å². The Morgan fingerprint density at radius 3 is 3.10 bits per heavy atom. The molecule has 0 spiro atoms. The second-order valence-electron chi connectivity index (χ2n) is 1.58. The Labute approximate surface area is 56.8 Å². The van der Waals surface area contributed by atoms with Crippen molar-refractivity contribution in [2.45, 2.75) is 0 Å². The van der Waals surface area contributed by atoms with Crippen molar-refractivity contribution in [3.63, 3.8) is 0 Å². The van der Waals surface area contributed by atoms with Crippen molar-refractivity contribution < 1.29 is 9.90 Å². The number of carboxylic acid groups (broad SMARTS) is 1. The Kier molecular flexibility index (Phi) is 1.83. The van der Waals surface area contributed by atoms with Crippen LogP contribution >= 0.6 is 0 Å². The lowest BCUT2D eigenvalue weighted by molar-refractivity contribution is 0.162. The van der Waals surface area contributed by atoms with Gasteiger partial charge < -0.3 is 5.11 Å². The zero-order valence-corrected chi connectivity index (χ0v) is 5.06. The van der Waals surface area contributed by atoms with Gasteiger partial charge in [-0.15, -0.1) is 0 Å². The minimum absolute atomic E-state index is 0.225. The molecule has 54 valence electrons. The van der Waals surface area contributed by atoms with E-state index in [1.807, 2.05) is 0 Å². The number of nitrogens with one attached hydrogen (secondary N) is 1. The van der Waals surface area contributed by atoms with Crippen LogP contribution in [0.4, 0.5) is 4.79 Å². The normalized spacial score (nSPS) is 15.4. The standard InChI is InChI=1S/C4H6N4O2/c9-4(10)7-8-2-1-5-6-3-8/h1-2,7H,3H2,(H,9,10). The first-order valence-corrected chi connectivity index (χ1v) is 2.58. The monoisotopic (exact) mass is 142 g/mol. The third-order valence-corrected chi connectivity index (χ3v) is 0.850. The van der Waals surface area contributed by atoms with Crippen LogP contribution in [-0.2, 0) is 0 Å². The molecule has 1 amide bonds. The zero-order valence-electron chi connectivity index (χ0n) is 5.06. The van der Waals surface area contributed by atoms with E-state index in [0.29, 0.717) is 0 Å².